The molecule has 1 unspecified atom stereocenters. The number of benzene rings is 3. The van der Waals surface area contributed by atoms with Gasteiger partial charge in [-0.25, -0.2) is 9.59 Å². The molecule has 0 radical (unpaired) electrons. The summed E-state index contributed by atoms with van der Waals surface area (Å²) in [5.41, 5.74) is 4.55. The van der Waals surface area contributed by atoms with Crippen molar-refractivity contribution in [3.8, 4) is 11.1 Å². The second-order valence-corrected chi connectivity index (χ2v) is 11.9. The van der Waals surface area contributed by atoms with Crippen LogP contribution in [-0.2, 0) is 20.9 Å². The lowest BCUT2D eigenvalue weighted by Crippen LogP contribution is -2.56. The number of fused-ring (bicyclic) bond motifs is 3. The van der Waals surface area contributed by atoms with Crippen LogP contribution in [0.2, 0.25) is 0 Å². The smallest absolute Gasteiger partial charge is 0.407 e. The van der Waals surface area contributed by atoms with E-state index in [1.807, 2.05) is 54.6 Å². The van der Waals surface area contributed by atoms with Crippen molar-refractivity contribution in [1.82, 2.24) is 15.5 Å². The van der Waals surface area contributed by atoms with Crippen molar-refractivity contribution in [2.75, 3.05) is 19.7 Å². The minimum atomic E-state index is -1.27. The molecule has 6 rings (SSSR count). The molecule has 1 saturated carbocycles. The zero-order valence-corrected chi connectivity index (χ0v) is 23.6. The first kappa shape index (κ1) is 28.0. The Morgan fingerprint density at radius 1 is 0.905 bits per heavy atom. The van der Waals surface area contributed by atoms with E-state index in [0.29, 0.717) is 25.9 Å². The van der Waals surface area contributed by atoms with Crippen molar-refractivity contribution in [3.05, 3.63) is 95.6 Å². The lowest BCUT2D eigenvalue weighted by Gasteiger charge is -2.27. The molecule has 8 nitrogen and oxygen atoms in total. The number of carbonyl (C=O) groups excluding carboxylic acids is 2. The first-order chi connectivity index (χ1) is 20.4. The van der Waals surface area contributed by atoms with Gasteiger partial charge in [0, 0.05) is 38.0 Å². The van der Waals surface area contributed by atoms with Crippen molar-refractivity contribution in [2.24, 2.45) is 5.92 Å². The minimum absolute atomic E-state index is 0.00364. The van der Waals surface area contributed by atoms with Gasteiger partial charge in [0.15, 0.2) is 5.54 Å². The van der Waals surface area contributed by atoms with Gasteiger partial charge in [0.2, 0.25) is 5.91 Å². The Hall–Kier alpha value is -4.17. The topological polar surface area (TPSA) is 108 Å². The number of amides is 2. The Kier molecular flexibility index (Phi) is 7.98. The number of ether oxygens (including phenoxy) is 1. The van der Waals surface area contributed by atoms with E-state index in [0.717, 1.165) is 18.4 Å². The maximum absolute atomic E-state index is 13.0. The predicted molar refractivity (Wildman–Crippen MR) is 159 cm³/mol. The summed E-state index contributed by atoms with van der Waals surface area (Å²) >= 11 is 0. The molecule has 2 aliphatic carbocycles. The third-order valence-corrected chi connectivity index (χ3v) is 9.07. The van der Waals surface area contributed by atoms with E-state index in [1.165, 1.54) is 22.3 Å². The van der Waals surface area contributed by atoms with Crippen LogP contribution in [0, 0.1) is 5.92 Å². The number of hydrogen-bond donors (Lipinski definition) is 3. The van der Waals surface area contributed by atoms with Gasteiger partial charge in [-0.1, -0.05) is 78.9 Å². The fraction of sp³-hybridized carbons (Fsp3) is 0.382. The lowest BCUT2D eigenvalue weighted by atomic mass is 9.96. The van der Waals surface area contributed by atoms with Crippen LogP contribution in [0.25, 0.3) is 11.1 Å². The normalized spacial score (nSPS) is 23.2. The third kappa shape index (κ3) is 5.90. The Balaban J connectivity index is 0.972. The van der Waals surface area contributed by atoms with Crippen molar-refractivity contribution in [1.29, 1.82) is 0 Å². The zero-order chi connectivity index (χ0) is 29.1. The van der Waals surface area contributed by atoms with Crippen LogP contribution >= 0.6 is 0 Å². The van der Waals surface area contributed by atoms with Gasteiger partial charge < -0.3 is 20.5 Å². The Bertz CT molecular complexity index is 1410. The van der Waals surface area contributed by atoms with Crippen LogP contribution in [0.5, 0.6) is 0 Å². The molecule has 3 aliphatic rings. The lowest BCUT2D eigenvalue weighted by molar-refractivity contribution is -0.147. The molecular formula is C34H37N3O5. The number of carboxylic acids is 1. The summed E-state index contributed by atoms with van der Waals surface area (Å²) in [7, 11) is 0. The van der Waals surface area contributed by atoms with Crippen LogP contribution < -0.4 is 10.6 Å². The number of carbonyl (C=O) groups is 3. The summed E-state index contributed by atoms with van der Waals surface area (Å²) < 4.78 is 5.70. The van der Waals surface area contributed by atoms with Gasteiger partial charge in [0.1, 0.15) is 6.61 Å². The van der Waals surface area contributed by atoms with Crippen LogP contribution in [0.15, 0.2) is 78.9 Å². The molecule has 3 atom stereocenters. The maximum Gasteiger partial charge on any atom is 0.407 e. The van der Waals surface area contributed by atoms with E-state index >= 15 is 0 Å². The minimum Gasteiger partial charge on any atom is -0.479 e. The monoisotopic (exact) mass is 567 g/mol. The molecule has 1 saturated heterocycles. The van der Waals surface area contributed by atoms with E-state index in [9.17, 15) is 19.5 Å². The first-order valence-electron chi connectivity index (χ1n) is 14.8. The number of rotatable bonds is 9. The molecule has 2 amide bonds. The standard InChI is InChI=1S/C34H37N3O5/c38-31(36-34(32(39)40)16-17-37(22-34)20-23-8-2-1-3-9-23)19-24-14-15-25(18-24)35-33(41)42-21-30-28-12-6-4-10-26(28)27-11-5-7-13-29(27)30/h1-13,24-25,30H,14-22H2,(H,35,41)(H,36,38)(H,39,40)/t24-,25+,34?/m0/s1. The van der Waals surface area contributed by atoms with Crippen LogP contribution in [0.4, 0.5) is 4.79 Å². The summed E-state index contributed by atoms with van der Waals surface area (Å²) in [6.07, 6.45) is 2.39. The summed E-state index contributed by atoms with van der Waals surface area (Å²) in [6, 6.07) is 26.3. The fourth-order valence-corrected chi connectivity index (χ4v) is 6.97. The van der Waals surface area contributed by atoms with Gasteiger partial charge in [0.25, 0.3) is 0 Å². The summed E-state index contributed by atoms with van der Waals surface area (Å²) in [5.74, 6) is -1.15. The third-order valence-electron chi connectivity index (χ3n) is 9.07. The highest BCUT2D eigenvalue weighted by Crippen LogP contribution is 2.44. The highest BCUT2D eigenvalue weighted by Gasteiger charge is 2.46. The van der Waals surface area contributed by atoms with E-state index < -0.39 is 17.6 Å². The summed E-state index contributed by atoms with van der Waals surface area (Å²) in [6.45, 7) is 1.80. The zero-order valence-electron chi connectivity index (χ0n) is 23.6. The predicted octanol–water partition coefficient (Wildman–Crippen LogP) is 4.93. The second-order valence-electron chi connectivity index (χ2n) is 11.9. The molecule has 2 fully saturated rings. The van der Waals surface area contributed by atoms with Crippen molar-refractivity contribution >= 4 is 18.0 Å². The Morgan fingerprint density at radius 2 is 1.57 bits per heavy atom. The molecular weight excluding hydrogens is 530 g/mol. The van der Waals surface area contributed by atoms with Gasteiger partial charge in [-0.3, -0.25) is 9.69 Å². The number of aliphatic carboxylic acids is 1. The highest BCUT2D eigenvalue weighted by molar-refractivity contribution is 5.87. The van der Waals surface area contributed by atoms with Crippen molar-refractivity contribution < 1.29 is 24.2 Å². The quantitative estimate of drug-likeness (QED) is 0.339. The van der Waals surface area contributed by atoms with Gasteiger partial charge in [-0.15, -0.1) is 0 Å². The largest absolute Gasteiger partial charge is 0.479 e. The Labute approximate surface area is 246 Å². The molecule has 0 bridgehead atoms. The number of likely N-dealkylation sites (tertiary alicyclic amines) is 1. The molecule has 3 N–H and O–H groups in total. The van der Waals surface area contributed by atoms with E-state index in [-0.39, 0.29) is 43.4 Å². The van der Waals surface area contributed by atoms with Crippen molar-refractivity contribution in [3.63, 3.8) is 0 Å². The number of nitrogens with zero attached hydrogens (tertiary/aromatic N) is 1. The molecule has 3 aromatic rings. The molecule has 42 heavy (non-hydrogen) atoms. The van der Waals surface area contributed by atoms with Gasteiger partial charge >= 0.3 is 12.1 Å². The van der Waals surface area contributed by atoms with E-state index in [4.69, 9.17) is 4.74 Å². The summed E-state index contributed by atoms with van der Waals surface area (Å²) in [4.78, 5) is 40.1. The number of carboxylic acid groups (broad SMARTS) is 1. The van der Waals surface area contributed by atoms with Crippen LogP contribution in [-0.4, -0.2) is 59.3 Å². The fourth-order valence-electron chi connectivity index (χ4n) is 6.97. The maximum atomic E-state index is 13.0. The van der Waals surface area contributed by atoms with Gasteiger partial charge in [0.05, 0.1) is 0 Å². The number of hydrogen-bond acceptors (Lipinski definition) is 5. The summed E-state index contributed by atoms with van der Waals surface area (Å²) in [5, 5.41) is 15.9. The first-order valence-corrected chi connectivity index (χ1v) is 14.8. The van der Waals surface area contributed by atoms with Crippen LogP contribution in [0.3, 0.4) is 0 Å². The molecule has 0 spiro atoms. The molecule has 1 aliphatic heterocycles. The van der Waals surface area contributed by atoms with Gasteiger partial charge in [-0.05, 0) is 59.4 Å². The van der Waals surface area contributed by atoms with Gasteiger partial charge in [-0.2, -0.15) is 0 Å². The highest BCUT2D eigenvalue weighted by atomic mass is 16.5. The molecule has 0 aromatic heterocycles. The number of alkyl carbamates (subject to hydrolysis) is 1. The molecule has 3 aromatic carbocycles. The average Bonchev–Trinajstić information content (AvgIpc) is 3.69. The molecule has 218 valence electrons. The van der Waals surface area contributed by atoms with Crippen molar-refractivity contribution in [2.45, 2.75) is 56.1 Å². The van der Waals surface area contributed by atoms with E-state index in [1.54, 1.807) is 0 Å². The number of nitrogens with one attached hydrogen (secondary N) is 2. The SMILES string of the molecule is O=C(C[C@H]1CC[C@@H](NC(=O)OCC2c3ccccc3-c3ccccc32)C1)NC1(C(=O)O)CCN(Cc2ccccc2)C1. The molecule has 1 heterocycles. The second kappa shape index (κ2) is 12.0. The average molecular weight is 568 g/mol. The Morgan fingerprint density at radius 3 is 2.26 bits per heavy atom. The van der Waals surface area contributed by atoms with Crippen LogP contribution in [0.1, 0.15) is 54.7 Å². The molecule has 8 heteroatoms. The van der Waals surface area contributed by atoms with E-state index in [2.05, 4.69) is 39.8 Å².